The number of nitrogens with zero attached hydrogens (tertiary/aromatic N) is 4. The lowest BCUT2D eigenvalue weighted by atomic mass is 10.0. The van der Waals surface area contributed by atoms with Crippen molar-refractivity contribution < 1.29 is 28.7 Å². The van der Waals surface area contributed by atoms with Gasteiger partial charge in [-0.2, -0.15) is 0 Å². The first-order valence-electron chi connectivity index (χ1n) is 19.0. The molecule has 4 saturated heterocycles. The van der Waals surface area contributed by atoms with Gasteiger partial charge in [-0.05, 0) is 86.5 Å². The second-order valence-corrected chi connectivity index (χ2v) is 14.7. The largest absolute Gasteiger partial charge is 0.453 e. The number of hydrogen-bond donors (Lipinski definition) is 4. The minimum atomic E-state index is -0.597. The third kappa shape index (κ3) is 6.80. The van der Waals surface area contributed by atoms with Crippen LogP contribution in [0.5, 0.6) is 0 Å². The summed E-state index contributed by atoms with van der Waals surface area (Å²) in [7, 11) is 2.61. The van der Waals surface area contributed by atoms with Crippen molar-refractivity contribution in [2.75, 3.05) is 14.2 Å². The number of H-pyrrole nitrogens is 2. The van der Waals surface area contributed by atoms with E-state index < -0.39 is 24.3 Å². The third-order valence-corrected chi connectivity index (χ3v) is 11.7. The van der Waals surface area contributed by atoms with Crippen molar-refractivity contribution >= 4 is 24.0 Å². The van der Waals surface area contributed by atoms with Crippen LogP contribution in [0.2, 0.25) is 0 Å². The van der Waals surface area contributed by atoms with E-state index >= 15 is 0 Å². The molecule has 4 N–H and O–H groups in total. The Hall–Kier alpha value is -5.66. The molecule has 54 heavy (non-hydrogen) atoms. The SMILES string of the molecule is COC(=O)N[C@H]1CCC[C@H]2CC[C@@H](c3ncc(-c4ccc(-c5ccc(-c6cnc([C@@H]7CC[C@@H]8CCC[C@H](NC(=O)OC)C(=O)N87)[nH]6)cc5)cc4)[nH]3)N2C1=O. The fourth-order valence-electron chi connectivity index (χ4n) is 8.92. The molecule has 6 heterocycles. The number of methoxy groups -OCH3 is 2. The van der Waals surface area contributed by atoms with Gasteiger partial charge < -0.3 is 39.9 Å². The molecule has 14 heteroatoms. The number of fused-ring (bicyclic) bond motifs is 2. The zero-order valence-corrected chi connectivity index (χ0v) is 30.5. The molecule has 14 nitrogen and oxygen atoms in total. The van der Waals surface area contributed by atoms with Gasteiger partial charge in [0.05, 0.1) is 50.1 Å². The first kappa shape index (κ1) is 35.4. The van der Waals surface area contributed by atoms with Crippen LogP contribution < -0.4 is 10.6 Å². The van der Waals surface area contributed by atoms with Crippen LogP contribution in [-0.2, 0) is 19.1 Å². The Labute approximate surface area is 313 Å². The van der Waals surface area contributed by atoms with Crippen molar-refractivity contribution in [2.24, 2.45) is 0 Å². The average molecular weight is 735 g/mol. The molecule has 0 radical (unpaired) electrons. The summed E-state index contributed by atoms with van der Waals surface area (Å²) in [5, 5.41) is 5.44. The number of amides is 4. The lowest BCUT2D eigenvalue weighted by Gasteiger charge is -2.30. The molecule has 4 amide bonds. The van der Waals surface area contributed by atoms with E-state index in [9.17, 15) is 19.2 Å². The molecule has 4 aliphatic rings. The van der Waals surface area contributed by atoms with Gasteiger partial charge in [-0.3, -0.25) is 9.59 Å². The molecule has 6 atom stereocenters. The molecule has 0 unspecified atom stereocenters. The Morgan fingerprint density at radius 1 is 0.593 bits per heavy atom. The molecular weight excluding hydrogens is 688 g/mol. The van der Waals surface area contributed by atoms with E-state index in [0.29, 0.717) is 12.8 Å². The zero-order chi connectivity index (χ0) is 37.3. The molecule has 4 aliphatic heterocycles. The van der Waals surface area contributed by atoms with E-state index in [1.54, 1.807) is 0 Å². The summed E-state index contributed by atoms with van der Waals surface area (Å²) >= 11 is 0. The standard InChI is InChI=1S/C40H46N8O6/c1-53-39(51)45-29-7-3-5-27-17-19-33(47(27)37(29)49)35-41-21-31(43-35)25-13-9-23(10-14-25)24-11-15-26(16-12-24)32-22-42-36(44-32)34-20-18-28-6-4-8-30(38(50)48(28)34)46-40(52)54-2/h9-16,21-22,27-30,33-34H,3-8,17-20H2,1-2H3,(H,41,43)(H,42,44)(H,45,51)(H,46,52)/t27-,28-,29-,30-,33-,34-/m0/s1. The van der Waals surface area contributed by atoms with Crippen molar-refractivity contribution in [1.82, 2.24) is 40.4 Å². The highest BCUT2D eigenvalue weighted by Crippen LogP contribution is 2.41. The van der Waals surface area contributed by atoms with Gasteiger partial charge in [0.25, 0.3) is 0 Å². The number of carbonyl (C=O) groups excluding carboxylic acids is 4. The molecular formula is C40H46N8O6. The monoisotopic (exact) mass is 734 g/mol. The van der Waals surface area contributed by atoms with Gasteiger partial charge in [0, 0.05) is 12.1 Å². The summed E-state index contributed by atoms with van der Waals surface area (Å²) in [6.45, 7) is 0. The van der Waals surface area contributed by atoms with E-state index in [4.69, 9.17) is 19.4 Å². The number of aromatic nitrogens is 4. The van der Waals surface area contributed by atoms with Gasteiger partial charge in [0.15, 0.2) is 0 Å². The molecule has 2 aromatic heterocycles. The molecule has 0 spiro atoms. The quantitative estimate of drug-likeness (QED) is 0.179. The van der Waals surface area contributed by atoms with Crippen molar-refractivity contribution in [3.8, 4) is 33.6 Å². The Balaban J connectivity index is 0.930. The number of benzene rings is 2. The maximum absolute atomic E-state index is 13.6. The van der Waals surface area contributed by atoms with Gasteiger partial charge in [0.1, 0.15) is 23.7 Å². The number of aromatic amines is 2. The maximum atomic E-state index is 13.6. The fraction of sp³-hybridized carbons (Fsp3) is 0.450. The van der Waals surface area contributed by atoms with Crippen LogP contribution in [0.1, 0.15) is 87.9 Å². The number of carbonyl (C=O) groups is 4. The molecule has 0 aliphatic carbocycles. The van der Waals surface area contributed by atoms with Crippen molar-refractivity contribution in [3.63, 3.8) is 0 Å². The van der Waals surface area contributed by atoms with E-state index in [1.807, 2.05) is 22.2 Å². The van der Waals surface area contributed by atoms with Crippen LogP contribution in [0.3, 0.4) is 0 Å². The molecule has 4 aromatic rings. The van der Waals surface area contributed by atoms with Crippen LogP contribution in [0, 0.1) is 0 Å². The molecule has 2 aromatic carbocycles. The van der Waals surface area contributed by atoms with E-state index in [1.165, 1.54) is 14.2 Å². The summed E-state index contributed by atoms with van der Waals surface area (Å²) in [6, 6.07) is 15.3. The second kappa shape index (κ2) is 15.0. The number of imidazole rings is 2. The van der Waals surface area contributed by atoms with Crippen LogP contribution >= 0.6 is 0 Å². The predicted molar refractivity (Wildman–Crippen MR) is 199 cm³/mol. The van der Waals surface area contributed by atoms with Gasteiger partial charge >= 0.3 is 12.2 Å². The first-order valence-corrected chi connectivity index (χ1v) is 19.0. The Bertz CT molecular complexity index is 1860. The van der Waals surface area contributed by atoms with Gasteiger partial charge in [-0.25, -0.2) is 19.6 Å². The summed E-state index contributed by atoms with van der Waals surface area (Å²) in [5.41, 5.74) is 5.88. The minimum absolute atomic E-state index is 0.0764. The lowest BCUT2D eigenvalue weighted by Crippen LogP contribution is -2.49. The zero-order valence-electron chi connectivity index (χ0n) is 30.5. The molecule has 8 rings (SSSR count). The highest BCUT2D eigenvalue weighted by atomic mass is 16.5. The van der Waals surface area contributed by atoms with Crippen LogP contribution in [0.25, 0.3) is 33.6 Å². The normalized spacial score (nSPS) is 25.4. The topological polar surface area (TPSA) is 175 Å². The van der Waals surface area contributed by atoms with Crippen molar-refractivity contribution in [3.05, 3.63) is 72.6 Å². The van der Waals surface area contributed by atoms with E-state index in [0.717, 1.165) is 96.7 Å². The summed E-state index contributed by atoms with van der Waals surface area (Å²) in [5.74, 6) is 1.36. The Kier molecular flexibility index (Phi) is 9.82. The maximum Gasteiger partial charge on any atom is 0.407 e. The number of nitrogens with one attached hydrogen (secondary N) is 4. The number of rotatable bonds is 7. The summed E-state index contributed by atoms with van der Waals surface area (Å²) in [4.78, 5) is 71.2. The summed E-state index contributed by atoms with van der Waals surface area (Å²) in [6.07, 6.45) is 10.6. The minimum Gasteiger partial charge on any atom is -0.453 e. The lowest BCUT2D eigenvalue weighted by molar-refractivity contribution is -0.136. The van der Waals surface area contributed by atoms with E-state index in [2.05, 4.69) is 69.1 Å². The highest BCUT2D eigenvalue weighted by molar-refractivity contribution is 5.87. The average Bonchev–Trinajstić information content (AvgIpc) is 4.01. The molecule has 0 saturated carbocycles. The smallest absolute Gasteiger partial charge is 0.407 e. The van der Waals surface area contributed by atoms with Gasteiger partial charge in [-0.15, -0.1) is 0 Å². The molecule has 282 valence electrons. The van der Waals surface area contributed by atoms with E-state index in [-0.39, 0.29) is 36.0 Å². The third-order valence-electron chi connectivity index (χ3n) is 11.7. The van der Waals surface area contributed by atoms with Crippen molar-refractivity contribution in [2.45, 2.75) is 100 Å². The number of alkyl carbamates (subject to hydrolysis) is 2. The number of ether oxygens (including phenoxy) is 2. The Morgan fingerprint density at radius 2 is 0.981 bits per heavy atom. The second-order valence-electron chi connectivity index (χ2n) is 14.7. The van der Waals surface area contributed by atoms with Crippen molar-refractivity contribution in [1.29, 1.82) is 0 Å². The first-order chi connectivity index (χ1) is 26.3. The fourth-order valence-corrected chi connectivity index (χ4v) is 8.92. The molecule has 4 fully saturated rings. The highest BCUT2D eigenvalue weighted by Gasteiger charge is 2.45. The summed E-state index contributed by atoms with van der Waals surface area (Å²) < 4.78 is 9.52. The predicted octanol–water partition coefficient (Wildman–Crippen LogP) is 6.02. The van der Waals surface area contributed by atoms with Gasteiger partial charge in [0.2, 0.25) is 11.8 Å². The van der Waals surface area contributed by atoms with Crippen LogP contribution in [0.4, 0.5) is 9.59 Å². The van der Waals surface area contributed by atoms with Crippen LogP contribution in [0.15, 0.2) is 60.9 Å². The number of hydrogen-bond acceptors (Lipinski definition) is 8. The Morgan fingerprint density at radius 3 is 1.37 bits per heavy atom. The van der Waals surface area contributed by atoms with Gasteiger partial charge in [-0.1, -0.05) is 48.5 Å². The van der Waals surface area contributed by atoms with Crippen LogP contribution in [-0.4, -0.2) is 92.1 Å². The molecule has 0 bridgehead atoms.